The summed E-state index contributed by atoms with van der Waals surface area (Å²) < 4.78 is 0. The Morgan fingerprint density at radius 2 is 1.71 bits per heavy atom. The van der Waals surface area contributed by atoms with Gasteiger partial charge in [-0.05, 0) is 49.9 Å². The lowest BCUT2D eigenvalue weighted by atomic mass is 9.95. The van der Waals surface area contributed by atoms with E-state index in [9.17, 15) is 0 Å². The maximum Gasteiger partial charge on any atom is 0.133 e. The highest BCUT2D eigenvalue weighted by atomic mass is 15.2. The number of piperazine rings is 1. The average Bonchev–Trinajstić information content (AvgIpc) is 2.91. The Kier molecular flexibility index (Phi) is 10.0. The highest BCUT2D eigenvalue weighted by Gasteiger charge is 2.16. The topological polar surface area (TPSA) is 90.3 Å². The molecular weight excluding hydrogens is 434 g/mol. The summed E-state index contributed by atoms with van der Waals surface area (Å²) in [6, 6.07) is 11.7. The largest absolute Gasteiger partial charge is 0.398 e. The summed E-state index contributed by atoms with van der Waals surface area (Å²) in [5, 5.41) is 14.3. The zero-order valence-corrected chi connectivity index (χ0v) is 21.5. The van der Waals surface area contributed by atoms with E-state index in [-0.39, 0.29) is 0 Å². The molecule has 0 spiro atoms. The van der Waals surface area contributed by atoms with Gasteiger partial charge in [0, 0.05) is 62.6 Å². The maximum absolute atomic E-state index is 6.41. The molecule has 0 amide bonds. The molecule has 7 nitrogen and oxygen atoms in total. The van der Waals surface area contributed by atoms with Gasteiger partial charge in [0.2, 0.25) is 0 Å². The summed E-state index contributed by atoms with van der Waals surface area (Å²) in [7, 11) is 0. The molecule has 1 saturated heterocycles. The second kappa shape index (κ2) is 13.7. The molecule has 0 radical (unpaired) electrons. The van der Waals surface area contributed by atoms with Crippen molar-refractivity contribution in [2.75, 3.05) is 55.2 Å². The molecule has 1 aliphatic heterocycles. The number of aromatic nitrogens is 1. The summed E-state index contributed by atoms with van der Waals surface area (Å²) >= 11 is 0. The van der Waals surface area contributed by atoms with Crippen LogP contribution in [0, 0.1) is 0 Å². The molecule has 0 bridgehead atoms. The van der Waals surface area contributed by atoms with E-state index < -0.39 is 0 Å². The summed E-state index contributed by atoms with van der Waals surface area (Å²) in [5.74, 6) is 1.88. The van der Waals surface area contributed by atoms with Crippen LogP contribution in [-0.2, 0) is 19.5 Å². The molecule has 0 atom stereocenters. The minimum Gasteiger partial charge on any atom is -0.398 e. The van der Waals surface area contributed by atoms with Gasteiger partial charge in [-0.1, -0.05) is 50.5 Å². The van der Waals surface area contributed by atoms with Crippen LogP contribution in [0.5, 0.6) is 0 Å². The van der Waals surface area contributed by atoms with Gasteiger partial charge in [0.25, 0.3) is 0 Å². The molecule has 7 heteroatoms. The SMILES string of the molecule is CCc1c(N)cc(N2CCNCC2)nc1NCc1ccc(CNCCCNC2CCCCC2)cc1. The molecule has 2 aromatic rings. The Balaban J connectivity index is 1.21. The monoisotopic (exact) mass is 479 g/mol. The fraction of sp³-hybridized carbons (Fsp3) is 0.607. The van der Waals surface area contributed by atoms with Crippen molar-refractivity contribution in [2.24, 2.45) is 0 Å². The van der Waals surface area contributed by atoms with Crippen LogP contribution >= 0.6 is 0 Å². The summed E-state index contributed by atoms with van der Waals surface area (Å²) in [4.78, 5) is 7.26. The average molecular weight is 480 g/mol. The van der Waals surface area contributed by atoms with Gasteiger partial charge in [-0.2, -0.15) is 0 Å². The molecule has 1 aliphatic carbocycles. The van der Waals surface area contributed by atoms with Crippen LogP contribution in [0.15, 0.2) is 30.3 Å². The first-order valence-corrected chi connectivity index (χ1v) is 13.7. The third-order valence-corrected chi connectivity index (χ3v) is 7.32. The molecule has 1 aromatic heterocycles. The quantitative estimate of drug-likeness (QED) is 0.297. The third-order valence-electron chi connectivity index (χ3n) is 7.32. The number of anilines is 3. The number of pyridine rings is 1. The van der Waals surface area contributed by atoms with Crippen molar-refractivity contribution >= 4 is 17.3 Å². The molecule has 2 heterocycles. The van der Waals surface area contributed by atoms with E-state index in [4.69, 9.17) is 10.7 Å². The fourth-order valence-electron chi connectivity index (χ4n) is 5.17. The van der Waals surface area contributed by atoms with Gasteiger partial charge in [0.1, 0.15) is 11.6 Å². The van der Waals surface area contributed by atoms with E-state index in [1.54, 1.807) is 0 Å². The number of nitrogen functional groups attached to an aromatic ring is 1. The fourth-order valence-corrected chi connectivity index (χ4v) is 5.17. The van der Waals surface area contributed by atoms with E-state index >= 15 is 0 Å². The number of nitrogens with two attached hydrogens (primary N) is 1. The van der Waals surface area contributed by atoms with Crippen LogP contribution in [0.2, 0.25) is 0 Å². The van der Waals surface area contributed by atoms with Crippen molar-refractivity contribution in [3.63, 3.8) is 0 Å². The predicted octanol–water partition coefficient (Wildman–Crippen LogP) is 3.65. The molecule has 2 aliphatic rings. The molecule has 2 fully saturated rings. The van der Waals surface area contributed by atoms with Crippen LogP contribution < -0.4 is 31.9 Å². The van der Waals surface area contributed by atoms with Gasteiger partial charge in [-0.25, -0.2) is 4.98 Å². The van der Waals surface area contributed by atoms with E-state index in [0.717, 1.165) is 87.7 Å². The lowest BCUT2D eigenvalue weighted by molar-refractivity contribution is 0.371. The number of hydrogen-bond donors (Lipinski definition) is 5. The molecule has 192 valence electrons. The third kappa shape index (κ3) is 7.82. The van der Waals surface area contributed by atoms with Crippen LogP contribution in [0.3, 0.4) is 0 Å². The van der Waals surface area contributed by atoms with Crippen molar-refractivity contribution < 1.29 is 0 Å². The first kappa shape index (κ1) is 25.7. The highest BCUT2D eigenvalue weighted by molar-refractivity contribution is 5.66. The number of benzene rings is 1. The van der Waals surface area contributed by atoms with E-state index in [2.05, 4.69) is 57.4 Å². The molecule has 1 saturated carbocycles. The Labute approximate surface area is 211 Å². The molecule has 1 aromatic carbocycles. The lowest BCUT2D eigenvalue weighted by Crippen LogP contribution is -2.44. The minimum absolute atomic E-state index is 0.741. The Morgan fingerprint density at radius 3 is 2.43 bits per heavy atom. The van der Waals surface area contributed by atoms with Crippen molar-refractivity contribution in [3.8, 4) is 0 Å². The zero-order valence-electron chi connectivity index (χ0n) is 21.5. The maximum atomic E-state index is 6.41. The highest BCUT2D eigenvalue weighted by Crippen LogP contribution is 2.27. The van der Waals surface area contributed by atoms with Gasteiger partial charge in [0.15, 0.2) is 0 Å². The minimum atomic E-state index is 0.741. The Bertz CT molecular complexity index is 887. The first-order chi connectivity index (χ1) is 17.2. The molecule has 6 N–H and O–H groups in total. The summed E-state index contributed by atoms with van der Waals surface area (Å²) in [6.07, 6.45) is 8.98. The van der Waals surface area contributed by atoms with E-state index in [0.29, 0.717) is 0 Å². The van der Waals surface area contributed by atoms with Crippen LogP contribution in [-0.4, -0.2) is 50.3 Å². The van der Waals surface area contributed by atoms with Gasteiger partial charge in [-0.15, -0.1) is 0 Å². The second-order valence-corrected chi connectivity index (χ2v) is 9.98. The van der Waals surface area contributed by atoms with Gasteiger partial charge >= 0.3 is 0 Å². The molecule has 35 heavy (non-hydrogen) atoms. The molecule has 0 unspecified atom stereocenters. The summed E-state index contributed by atoms with van der Waals surface area (Å²) in [6.45, 7) is 9.87. The lowest BCUT2D eigenvalue weighted by Gasteiger charge is -2.29. The van der Waals surface area contributed by atoms with E-state index in [1.165, 1.54) is 49.7 Å². The van der Waals surface area contributed by atoms with Crippen molar-refractivity contribution in [3.05, 3.63) is 47.0 Å². The number of nitrogens with zero attached hydrogens (tertiary/aromatic N) is 2. The number of nitrogens with one attached hydrogen (secondary N) is 4. The predicted molar refractivity (Wildman–Crippen MR) is 148 cm³/mol. The van der Waals surface area contributed by atoms with Crippen LogP contribution in [0.4, 0.5) is 17.3 Å². The van der Waals surface area contributed by atoms with Gasteiger partial charge in [-0.3, -0.25) is 0 Å². The first-order valence-electron chi connectivity index (χ1n) is 13.7. The second-order valence-electron chi connectivity index (χ2n) is 9.98. The summed E-state index contributed by atoms with van der Waals surface area (Å²) in [5.41, 5.74) is 10.9. The van der Waals surface area contributed by atoms with Crippen LogP contribution in [0.25, 0.3) is 0 Å². The zero-order chi connectivity index (χ0) is 24.3. The molecular formula is C28H45N7. The van der Waals surface area contributed by atoms with Crippen molar-refractivity contribution in [1.82, 2.24) is 20.9 Å². The number of rotatable bonds is 12. The van der Waals surface area contributed by atoms with Crippen molar-refractivity contribution in [2.45, 2.75) is 71.0 Å². The normalized spacial score (nSPS) is 17.0. The van der Waals surface area contributed by atoms with Gasteiger partial charge in [0.05, 0.1) is 0 Å². The standard InChI is InChI=1S/C28H45N7/c1-2-25-26(29)19-27(35-17-15-30-16-18-35)34-28(25)33-21-23-11-9-22(10-12-23)20-31-13-6-14-32-24-7-4-3-5-8-24/h9-12,19,24,30-32H,2-8,13-18,20-21H2,1H3,(H3,29,33,34). The molecule has 4 rings (SSSR count). The van der Waals surface area contributed by atoms with E-state index in [1.807, 2.05) is 6.07 Å². The Morgan fingerprint density at radius 1 is 1.00 bits per heavy atom. The van der Waals surface area contributed by atoms with Crippen molar-refractivity contribution in [1.29, 1.82) is 0 Å². The number of hydrogen-bond acceptors (Lipinski definition) is 7. The Hall–Kier alpha value is -2.35. The smallest absolute Gasteiger partial charge is 0.133 e. The van der Waals surface area contributed by atoms with Crippen LogP contribution in [0.1, 0.15) is 62.1 Å². The van der Waals surface area contributed by atoms with Gasteiger partial charge < -0.3 is 31.9 Å².